The number of rotatable bonds is 5. The number of piperidine rings is 1. The van der Waals surface area contributed by atoms with Crippen LogP contribution >= 0.6 is 0 Å². The normalized spacial score (nSPS) is 17.5. The third-order valence-electron chi connectivity index (χ3n) is 4.75. The van der Waals surface area contributed by atoms with Gasteiger partial charge < -0.3 is 14.8 Å². The van der Waals surface area contributed by atoms with E-state index in [1.807, 2.05) is 42.4 Å². The van der Waals surface area contributed by atoms with Crippen LogP contribution in [0.4, 0.5) is 4.79 Å². The zero-order chi connectivity index (χ0) is 17.6. The Bertz CT molecular complexity index is 711. The van der Waals surface area contributed by atoms with Crippen LogP contribution in [0.15, 0.2) is 30.6 Å². The molecular formula is C19H27N5O. The van der Waals surface area contributed by atoms with E-state index in [2.05, 4.69) is 26.8 Å². The molecule has 1 fully saturated rings. The molecule has 2 amide bonds. The van der Waals surface area contributed by atoms with Crippen LogP contribution in [-0.2, 0) is 12.8 Å². The van der Waals surface area contributed by atoms with E-state index in [9.17, 15) is 4.79 Å². The van der Waals surface area contributed by atoms with E-state index in [1.165, 1.54) is 0 Å². The number of likely N-dealkylation sites (tertiary alicyclic amines) is 1. The number of nitrogens with zero attached hydrogens (tertiary/aromatic N) is 4. The van der Waals surface area contributed by atoms with Crippen molar-refractivity contribution in [3.05, 3.63) is 47.8 Å². The standard InChI is InChI=1S/C19H27N5O/c1-3-18-20-11-13-24(18)17-8-5-12-23(14-17)19(25)21-10-9-16-7-4-6-15(2)22-16/h4,6-7,11,13,17H,3,5,8-10,12,14H2,1-2H3,(H,21,25). The van der Waals surface area contributed by atoms with Crippen molar-refractivity contribution in [3.63, 3.8) is 0 Å². The summed E-state index contributed by atoms with van der Waals surface area (Å²) in [6.45, 7) is 6.28. The number of hydrogen-bond donors (Lipinski definition) is 1. The highest BCUT2D eigenvalue weighted by Crippen LogP contribution is 2.23. The second kappa shape index (κ2) is 8.14. The molecule has 6 heteroatoms. The van der Waals surface area contributed by atoms with Crippen molar-refractivity contribution < 1.29 is 4.79 Å². The quantitative estimate of drug-likeness (QED) is 0.909. The average molecular weight is 341 g/mol. The van der Waals surface area contributed by atoms with Gasteiger partial charge in [0.05, 0.1) is 6.04 Å². The summed E-state index contributed by atoms with van der Waals surface area (Å²) in [5.41, 5.74) is 2.03. The van der Waals surface area contributed by atoms with Gasteiger partial charge in [0.15, 0.2) is 0 Å². The van der Waals surface area contributed by atoms with Crippen molar-refractivity contribution in [3.8, 4) is 0 Å². The second-order valence-electron chi connectivity index (χ2n) is 6.60. The fourth-order valence-electron chi connectivity index (χ4n) is 3.46. The number of hydrogen-bond acceptors (Lipinski definition) is 3. The highest BCUT2D eigenvalue weighted by atomic mass is 16.2. The first-order chi connectivity index (χ1) is 12.2. The van der Waals surface area contributed by atoms with Gasteiger partial charge in [-0.15, -0.1) is 0 Å². The van der Waals surface area contributed by atoms with Gasteiger partial charge in [-0.25, -0.2) is 9.78 Å². The molecule has 0 aliphatic carbocycles. The van der Waals surface area contributed by atoms with E-state index >= 15 is 0 Å². The van der Waals surface area contributed by atoms with Crippen molar-refractivity contribution in [2.45, 2.75) is 45.6 Å². The predicted molar refractivity (Wildman–Crippen MR) is 97.5 cm³/mol. The number of aromatic nitrogens is 3. The summed E-state index contributed by atoms with van der Waals surface area (Å²) in [7, 11) is 0. The SMILES string of the molecule is CCc1nccn1C1CCCN(C(=O)NCCc2cccc(C)n2)C1. The summed E-state index contributed by atoms with van der Waals surface area (Å²) in [5.74, 6) is 1.10. The Labute approximate surface area is 149 Å². The number of aryl methyl sites for hydroxylation is 2. The van der Waals surface area contributed by atoms with Gasteiger partial charge in [-0.2, -0.15) is 0 Å². The zero-order valence-electron chi connectivity index (χ0n) is 15.1. The first-order valence-electron chi connectivity index (χ1n) is 9.14. The van der Waals surface area contributed by atoms with E-state index in [0.29, 0.717) is 12.6 Å². The maximum Gasteiger partial charge on any atom is 0.317 e. The Morgan fingerprint density at radius 1 is 1.40 bits per heavy atom. The molecule has 134 valence electrons. The molecule has 1 aliphatic rings. The van der Waals surface area contributed by atoms with Crippen LogP contribution in [0.5, 0.6) is 0 Å². The minimum Gasteiger partial charge on any atom is -0.338 e. The van der Waals surface area contributed by atoms with Crippen molar-refractivity contribution >= 4 is 6.03 Å². The number of amides is 2. The molecule has 0 aromatic carbocycles. The van der Waals surface area contributed by atoms with E-state index in [-0.39, 0.29) is 6.03 Å². The fraction of sp³-hybridized carbons (Fsp3) is 0.526. The average Bonchev–Trinajstić information content (AvgIpc) is 3.10. The molecule has 25 heavy (non-hydrogen) atoms. The Hall–Kier alpha value is -2.37. The molecule has 3 rings (SSSR count). The highest BCUT2D eigenvalue weighted by Gasteiger charge is 2.25. The third kappa shape index (κ3) is 4.38. The third-order valence-corrected chi connectivity index (χ3v) is 4.75. The maximum atomic E-state index is 12.5. The first-order valence-corrected chi connectivity index (χ1v) is 9.14. The Kier molecular flexibility index (Phi) is 5.68. The summed E-state index contributed by atoms with van der Waals surface area (Å²) in [6, 6.07) is 6.34. The largest absolute Gasteiger partial charge is 0.338 e. The molecule has 0 radical (unpaired) electrons. The molecule has 0 bridgehead atoms. The molecule has 1 unspecified atom stereocenters. The summed E-state index contributed by atoms with van der Waals surface area (Å²) in [5, 5.41) is 3.04. The summed E-state index contributed by atoms with van der Waals surface area (Å²) in [6.07, 6.45) is 7.69. The van der Waals surface area contributed by atoms with Crippen LogP contribution in [0.3, 0.4) is 0 Å². The molecular weight excluding hydrogens is 314 g/mol. The van der Waals surface area contributed by atoms with Crippen LogP contribution in [0, 0.1) is 6.92 Å². The van der Waals surface area contributed by atoms with Gasteiger partial charge in [-0.3, -0.25) is 4.98 Å². The number of nitrogens with one attached hydrogen (secondary N) is 1. The van der Waals surface area contributed by atoms with Gasteiger partial charge in [0.25, 0.3) is 0 Å². The lowest BCUT2D eigenvalue weighted by Crippen LogP contribution is -2.46. The van der Waals surface area contributed by atoms with Crippen molar-refractivity contribution in [1.29, 1.82) is 0 Å². The summed E-state index contributed by atoms with van der Waals surface area (Å²) in [4.78, 5) is 23.3. The minimum atomic E-state index is 0.0236. The fourth-order valence-corrected chi connectivity index (χ4v) is 3.46. The van der Waals surface area contributed by atoms with E-state index in [4.69, 9.17) is 0 Å². The van der Waals surface area contributed by atoms with Crippen LogP contribution in [-0.4, -0.2) is 45.1 Å². The molecule has 1 aliphatic heterocycles. The molecule has 2 aromatic heterocycles. The lowest BCUT2D eigenvalue weighted by molar-refractivity contribution is 0.166. The van der Waals surface area contributed by atoms with Gasteiger partial charge in [0.1, 0.15) is 5.82 Å². The molecule has 1 saturated heterocycles. The molecule has 0 saturated carbocycles. The Balaban J connectivity index is 1.52. The van der Waals surface area contributed by atoms with E-state index < -0.39 is 0 Å². The van der Waals surface area contributed by atoms with Gasteiger partial charge in [-0.05, 0) is 31.9 Å². The van der Waals surface area contributed by atoms with Crippen LogP contribution in [0.1, 0.15) is 43.0 Å². The number of pyridine rings is 1. The van der Waals surface area contributed by atoms with Gasteiger partial charge >= 0.3 is 6.03 Å². The molecule has 2 aromatic rings. The van der Waals surface area contributed by atoms with Crippen LogP contribution in [0.2, 0.25) is 0 Å². The van der Waals surface area contributed by atoms with E-state index in [1.54, 1.807) is 0 Å². The lowest BCUT2D eigenvalue weighted by atomic mass is 10.1. The van der Waals surface area contributed by atoms with Crippen LogP contribution < -0.4 is 5.32 Å². The topological polar surface area (TPSA) is 63.1 Å². The molecule has 1 N–H and O–H groups in total. The van der Waals surface area contributed by atoms with Gasteiger partial charge in [-0.1, -0.05) is 13.0 Å². The maximum absolute atomic E-state index is 12.5. The number of urea groups is 1. The van der Waals surface area contributed by atoms with Crippen molar-refractivity contribution in [2.24, 2.45) is 0 Å². The Morgan fingerprint density at radius 2 is 2.28 bits per heavy atom. The smallest absolute Gasteiger partial charge is 0.317 e. The second-order valence-corrected chi connectivity index (χ2v) is 6.60. The number of imidazole rings is 1. The highest BCUT2D eigenvalue weighted by molar-refractivity contribution is 5.74. The number of carbonyl (C=O) groups is 1. The van der Waals surface area contributed by atoms with Crippen molar-refractivity contribution in [2.75, 3.05) is 19.6 Å². The first kappa shape index (κ1) is 17.5. The molecule has 1 atom stereocenters. The van der Waals surface area contributed by atoms with Gasteiger partial charge in [0, 0.05) is 56.3 Å². The van der Waals surface area contributed by atoms with Gasteiger partial charge in [0.2, 0.25) is 0 Å². The zero-order valence-corrected chi connectivity index (χ0v) is 15.1. The summed E-state index contributed by atoms with van der Waals surface area (Å²) >= 11 is 0. The Morgan fingerprint density at radius 3 is 3.08 bits per heavy atom. The van der Waals surface area contributed by atoms with Crippen molar-refractivity contribution in [1.82, 2.24) is 24.8 Å². The van der Waals surface area contributed by atoms with Crippen LogP contribution in [0.25, 0.3) is 0 Å². The molecule has 0 spiro atoms. The number of carbonyl (C=O) groups excluding carboxylic acids is 1. The van der Waals surface area contributed by atoms with E-state index in [0.717, 1.165) is 56.0 Å². The molecule has 3 heterocycles. The molecule has 6 nitrogen and oxygen atoms in total. The summed E-state index contributed by atoms with van der Waals surface area (Å²) < 4.78 is 2.23. The minimum absolute atomic E-state index is 0.0236. The predicted octanol–water partition coefficient (Wildman–Crippen LogP) is 2.74. The lowest BCUT2D eigenvalue weighted by Gasteiger charge is -2.34. The monoisotopic (exact) mass is 341 g/mol.